The summed E-state index contributed by atoms with van der Waals surface area (Å²) in [7, 11) is 0. The van der Waals surface area contributed by atoms with Gasteiger partial charge in [-0.3, -0.25) is 4.79 Å². The first-order valence-electron chi connectivity index (χ1n) is 8.33. The van der Waals surface area contributed by atoms with Gasteiger partial charge in [0.05, 0.1) is 0 Å². The molecular formula is C19H23ClO. The van der Waals surface area contributed by atoms with E-state index in [2.05, 4.69) is 26.0 Å². The van der Waals surface area contributed by atoms with Crippen molar-refractivity contribution >= 4 is 17.4 Å². The number of rotatable bonds is 0. The highest BCUT2D eigenvalue weighted by Crippen LogP contribution is 2.59. The van der Waals surface area contributed by atoms with E-state index in [1.807, 2.05) is 0 Å². The van der Waals surface area contributed by atoms with Gasteiger partial charge in [-0.15, -0.1) is 0 Å². The Bertz CT molecular complexity index is 620. The number of carbonyl (C=O) groups is 1. The van der Waals surface area contributed by atoms with Crippen LogP contribution in [0.3, 0.4) is 0 Å². The fourth-order valence-corrected chi connectivity index (χ4v) is 5.78. The second-order valence-corrected chi connectivity index (χ2v) is 7.98. The molecule has 21 heavy (non-hydrogen) atoms. The molecule has 0 saturated heterocycles. The minimum Gasteiger partial charge on any atom is -0.299 e. The van der Waals surface area contributed by atoms with E-state index in [9.17, 15) is 4.79 Å². The average Bonchev–Trinajstić information content (AvgIpc) is 2.78. The number of carbonyl (C=O) groups excluding carboxylic acids is 1. The number of hydrogen-bond donors (Lipinski definition) is 0. The lowest BCUT2D eigenvalue weighted by atomic mass is 9.55. The van der Waals surface area contributed by atoms with E-state index in [4.69, 9.17) is 11.6 Å². The van der Waals surface area contributed by atoms with Crippen molar-refractivity contribution in [2.45, 2.75) is 58.3 Å². The topological polar surface area (TPSA) is 17.1 Å². The van der Waals surface area contributed by atoms with E-state index < -0.39 is 0 Å². The molecule has 2 saturated carbocycles. The van der Waals surface area contributed by atoms with Crippen molar-refractivity contribution in [1.82, 2.24) is 0 Å². The summed E-state index contributed by atoms with van der Waals surface area (Å²) >= 11 is 6.55. The molecule has 3 aliphatic carbocycles. The second kappa shape index (κ2) is 4.59. The molecule has 3 unspecified atom stereocenters. The summed E-state index contributed by atoms with van der Waals surface area (Å²) in [6, 6.07) is 4.49. The van der Waals surface area contributed by atoms with Crippen LogP contribution in [0.1, 0.15) is 61.6 Å². The Morgan fingerprint density at radius 3 is 2.81 bits per heavy atom. The molecule has 0 aromatic heterocycles. The van der Waals surface area contributed by atoms with Gasteiger partial charge in [0, 0.05) is 16.9 Å². The number of Topliss-reactive ketones (excluding diaryl/α,β-unsaturated/α-hetero) is 1. The van der Waals surface area contributed by atoms with Gasteiger partial charge >= 0.3 is 0 Å². The van der Waals surface area contributed by atoms with E-state index in [0.29, 0.717) is 23.5 Å². The highest BCUT2D eigenvalue weighted by molar-refractivity contribution is 6.32. The fraction of sp³-hybridized carbons (Fsp3) is 0.632. The van der Waals surface area contributed by atoms with Crippen molar-refractivity contribution in [1.29, 1.82) is 0 Å². The Hall–Kier alpha value is -0.820. The van der Waals surface area contributed by atoms with Gasteiger partial charge in [0.1, 0.15) is 5.78 Å². The summed E-state index contributed by atoms with van der Waals surface area (Å²) in [5.74, 6) is 2.47. The summed E-state index contributed by atoms with van der Waals surface area (Å²) in [5, 5.41) is 0.988. The Labute approximate surface area is 132 Å². The summed E-state index contributed by atoms with van der Waals surface area (Å²) in [6.45, 7) is 4.34. The van der Waals surface area contributed by atoms with Crippen LogP contribution in [0, 0.1) is 24.2 Å². The zero-order valence-corrected chi connectivity index (χ0v) is 13.7. The van der Waals surface area contributed by atoms with Crippen LogP contribution in [-0.4, -0.2) is 5.78 Å². The molecule has 0 heterocycles. The number of fused-ring (bicyclic) bond motifs is 5. The smallest absolute Gasteiger partial charge is 0.139 e. The van der Waals surface area contributed by atoms with Gasteiger partial charge in [0.25, 0.3) is 0 Å². The van der Waals surface area contributed by atoms with Crippen LogP contribution < -0.4 is 0 Å². The lowest BCUT2D eigenvalue weighted by Gasteiger charge is -2.48. The van der Waals surface area contributed by atoms with Crippen molar-refractivity contribution in [3.63, 3.8) is 0 Å². The van der Waals surface area contributed by atoms with Gasteiger partial charge in [0.15, 0.2) is 0 Å². The van der Waals surface area contributed by atoms with Gasteiger partial charge in [0.2, 0.25) is 0 Å². The first-order chi connectivity index (χ1) is 10.0. The summed E-state index contributed by atoms with van der Waals surface area (Å²) in [6.07, 6.45) is 6.47. The lowest BCUT2D eigenvalue weighted by molar-refractivity contribution is -0.129. The molecule has 112 valence electrons. The van der Waals surface area contributed by atoms with Crippen molar-refractivity contribution < 1.29 is 4.79 Å². The Morgan fingerprint density at radius 1 is 1.19 bits per heavy atom. The molecular weight excluding hydrogens is 280 g/mol. The molecule has 1 nitrogen and oxygen atoms in total. The van der Waals surface area contributed by atoms with Gasteiger partial charge in [-0.25, -0.2) is 0 Å². The largest absolute Gasteiger partial charge is 0.299 e. The zero-order chi connectivity index (χ0) is 14.8. The maximum atomic E-state index is 12.3. The Balaban J connectivity index is 1.75. The maximum absolute atomic E-state index is 12.3. The molecule has 0 spiro atoms. The third kappa shape index (κ3) is 1.79. The lowest BCUT2D eigenvalue weighted by Crippen LogP contribution is -2.42. The SMILES string of the molecule is Cc1ccc2c(c1Cl)CCC1C2CC[C@]2(C)C(=O)CCC12. The van der Waals surface area contributed by atoms with E-state index in [1.54, 1.807) is 0 Å². The number of hydrogen-bond acceptors (Lipinski definition) is 1. The summed E-state index contributed by atoms with van der Waals surface area (Å²) < 4.78 is 0. The van der Waals surface area contributed by atoms with Crippen LogP contribution in [0.4, 0.5) is 0 Å². The van der Waals surface area contributed by atoms with Crippen molar-refractivity contribution in [3.05, 3.63) is 33.8 Å². The van der Waals surface area contributed by atoms with Crippen LogP contribution in [0.15, 0.2) is 12.1 Å². The van der Waals surface area contributed by atoms with Crippen LogP contribution in [0.2, 0.25) is 5.02 Å². The van der Waals surface area contributed by atoms with Crippen LogP contribution in [0.25, 0.3) is 0 Å². The Kier molecular flexibility index (Phi) is 3.02. The minimum absolute atomic E-state index is 0.0207. The molecule has 2 fully saturated rings. The van der Waals surface area contributed by atoms with Gasteiger partial charge in [-0.1, -0.05) is 30.7 Å². The molecule has 2 heteroatoms. The molecule has 4 rings (SSSR count). The maximum Gasteiger partial charge on any atom is 0.139 e. The predicted octanol–water partition coefficient (Wildman–Crippen LogP) is 5.07. The van der Waals surface area contributed by atoms with E-state index >= 15 is 0 Å². The molecule has 0 amide bonds. The monoisotopic (exact) mass is 302 g/mol. The quantitative estimate of drug-likeness (QED) is 0.653. The molecule has 0 radical (unpaired) electrons. The van der Waals surface area contributed by atoms with Crippen molar-refractivity contribution in [3.8, 4) is 0 Å². The van der Waals surface area contributed by atoms with Crippen LogP contribution >= 0.6 is 11.6 Å². The summed E-state index contributed by atoms with van der Waals surface area (Å²) in [5.41, 5.74) is 4.06. The zero-order valence-electron chi connectivity index (χ0n) is 12.9. The molecule has 0 N–H and O–H groups in total. The van der Waals surface area contributed by atoms with Crippen LogP contribution in [0.5, 0.6) is 0 Å². The standard InChI is InChI=1S/C19H23ClO/c1-11-3-4-12-13-9-10-19(2)16(7-8-17(19)21)14(13)5-6-15(12)18(11)20/h3-4,13-14,16H,5-10H2,1-2H3/t13?,14?,16?,19-/m0/s1. The molecule has 0 aliphatic heterocycles. The number of aryl methyl sites for hydroxylation is 1. The van der Waals surface area contributed by atoms with Crippen molar-refractivity contribution in [2.75, 3.05) is 0 Å². The molecule has 0 bridgehead atoms. The predicted molar refractivity (Wildman–Crippen MR) is 85.8 cm³/mol. The average molecular weight is 303 g/mol. The van der Waals surface area contributed by atoms with E-state index in [0.717, 1.165) is 37.1 Å². The van der Waals surface area contributed by atoms with E-state index in [1.165, 1.54) is 23.1 Å². The summed E-state index contributed by atoms with van der Waals surface area (Å²) in [4.78, 5) is 12.3. The molecule has 1 aromatic carbocycles. The minimum atomic E-state index is -0.0207. The van der Waals surface area contributed by atoms with Gasteiger partial charge < -0.3 is 0 Å². The van der Waals surface area contributed by atoms with Gasteiger partial charge in [-0.05, 0) is 73.5 Å². The Morgan fingerprint density at radius 2 is 2.00 bits per heavy atom. The van der Waals surface area contributed by atoms with Crippen molar-refractivity contribution in [2.24, 2.45) is 17.3 Å². The van der Waals surface area contributed by atoms with Crippen LogP contribution in [-0.2, 0) is 11.2 Å². The van der Waals surface area contributed by atoms with Gasteiger partial charge in [-0.2, -0.15) is 0 Å². The molecule has 4 atom stereocenters. The third-order valence-electron chi connectivity index (χ3n) is 6.75. The first kappa shape index (κ1) is 13.8. The third-order valence-corrected chi connectivity index (χ3v) is 7.27. The molecule has 3 aliphatic rings. The number of benzene rings is 1. The number of ketones is 1. The highest BCUT2D eigenvalue weighted by atomic mass is 35.5. The first-order valence-corrected chi connectivity index (χ1v) is 8.71. The molecule has 1 aromatic rings. The highest BCUT2D eigenvalue weighted by Gasteiger charge is 2.54. The van der Waals surface area contributed by atoms with E-state index in [-0.39, 0.29) is 5.41 Å². The fourth-order valence-electron chi connectivity index (χ4n) is 5.51. The normalized spacial score (nSPS) is 37.9. The second-order valence-electron chi connectivity index (χ2n) is 7.60. The number of halogens is 1.